The predicted octanol–water partition coefficient (Wildman–Crippen LogP) is -0.937. The Balaban J connectivity index is 0.000000203. The minimum Gasteiger partial charge on any atom is -0.497 e. The number of rotatable bonds is 6. The third-order valence-electron chi connectivity index (χ3n) is 6.41. The van der Waals surface area contributed by atoms with Crippen LogP contribution in [0.1, 0.15) is 51.4 Å². The van der Waals surface area contributed by atoms with Crippen molar-refractivity contribution in [2.24, 2.45) is 17.2 Å². The first-order chi connectivity index (χ1) is 16.8. The number of aliphatic hydroxyl groups excluding tert-OH is 3. The van der Waals surface area contributed by atoms with Crippen LogP contribution in [0.3, 0.4) is 0 Å². The zero-order valence-corrected chi connectivity index (χ0v) is 21.1. The second-order valence-electron chi connectivity index (χ2n) is 9.67. The van der Waals surface area contributed by atoms with Crippen molar-refractivity contribution >= 4 is 0 Å². The first-order valence-electron chi connectivity index (χ1n) is 12.9. The first-order valence-corrected chi connectivity index (χ1v) is 12.9. The molecule has 11 heteroatoms. The highest BCUT2D eigenvalue weighted by molar-refractivity contribution is 4.97. The molecule has 1 aliphatic carbocycles. The Morgan fingerprint density at radius 3 is 2.34 bits per heavy atom. The zero-order valence-electron chi connectivity index (χ0n) is 21.1. The maximum atomic E-state index is 9.58. The van der Waals surface area contributed by atoms with Crippen LogP contribution >= 0.6 is 0 Å². The molecule has 5 unspecified atom stereocenters. The standard InChI is InChI=1S/C11H22N2O4.C7H13NO.C6H13NO2/c12-6-1-7(13)3-8(2-6)16-11-4-9(15)10(5-14)17-11;1-8-6-7-4-2-3-5-9-7;7-4-6-3-5(8)1-2-9-6/h6-11,14-15H,1-5,12-13H2;4,8H,2-3,5-6H2,1H3;5-6,8H,1-4,7H2/t6?,7?,8?,9-,10?,11?;;5?,6-/m0.1/s1. The predicted molar refractivity (Wildman–Crippen MR) is 132 cm³/mol. The Kier molecular flexibility index (Phi) is 14.6. The molecular formula is C24H48N4O7. The molecular weight excluding hydrogens is 456 g/mol. The Morgan fingerprint density at radius 1 is 1.09 bits per heavy atom. The van der Waals surface area contributed by atoms with Crippen molar-refractivity contribution in [2.75, 3.05) is 40.0 Å². The molecule has 3 fully saturated rings. The molecule has 11 nitrogen and oxygen atoms in total. The van der Waals surface area contributed by atoms with Crippen molar-refractivity contribution in [1.82, 2.24) is 5.32 Å². The molecule has 10 N–H and O–H groups in total. The molecule has 0 radical (unpaired) electrons. The molecule has 1 saturated carbocycles. The molecule has 0 aromatic rings. The summed E-state index contributed by atoms with van der Waals surface area (Å²) in [5.74, 6) is 1.10. The van der Waals surface area contributed by atoms with E-state index in [0.29, 0.717) is 26.0 Å². The van der Waals surface area contributed by atoms with E-state index < -0.39 is 18.5 Å². The van der Waals surface area contributed by atoms with Crippen LogP contribution < -0.4 is 22.5 Å². The lowest BCUT2D eigenvalue weighted by atomic mass is 9.90. The second-order valence-corrected chi connectivity index (χ2v) is 9.67. The number of allylic oxidation sites excluding steroid dienone is 1. The SMILES string of the molecule is CNCC1=CCCCO1.NC1CC(N)CC(OC2C[C@H](O)C(CO)O2)C1.NC[C@H]1CC(O)CCO1. The lowest BCUT2D eigenvalue weighted by molar-refractivity contribution is -0.175. The monoisotopic (exact) mass is 504 g/mol. The van der Waals surface area contributed by atoms with Crippen LogP contribution in [0.15, 0.2) is 11.8 Å². The second kappa shape index (κ2) is 16.8. The van der Waals surface area contributed by atoms with E-state index in [2.05, 4.69) is 11.4 Å². The fourth-order valence-electron chi connectivity index (χ4n) is 4.55. The summed E-state index contributed by atoms with van der Waals surface area (Å²) in [5.41, 5.74) is 17.1. The van der Waals surface area contributed by atoms with Gasteiger partial charge in [-0.1, -0.05) is 0 Å². The molecule has 0 bridgehead atoms. The highest BCUT2D eigenvalue weighted by Crippen LogP contribution is 2.27. The summed E-state index contributed by atoms with van der Waals surface area (Å²) in [6.45, 7) is 2.76. The summed E-state index contributed by atoms with van der Waals surface area (Å²) in [6.07, 6.45) is 6.98. The first kappa shape index (κ1) is 30.4. The highest BCUT2D eigenvalue weighted by Gasteiger charge is 2.36. The zero-order chi connectivity index (χ0) is 25.6. The average molecular weight is 505 g/mol. The third kappa shape index (κ3) is 11.8. The van der Waals surface area contributed by atoms with E-state index in [4.69, 9.17) is 46.4 Å². The van der Waals surface area contributed by atoms with Gasteiger partial charge in [0, 0.05) is 38.1 Å². The van der Waals surface area contributed by atoms with Crippen LogP contribution in [0.25, 0.3) is 0 Å². The fourth-order valence-corrected chi connectivity index (χ4v) is 4.55. The third-order valence-corrected chi connectivity index (χ3v) is 6.41. The maximum absolute atomic E-state index is 9.58. The summed E-state index contributed by atoms with van der Waals surface area (Å²) >= 11 is 0. The lowest BCUT2D eigenvalue weighted by Gasteiger charge is -2.32. The number of hydrogen-bond donors (Lipinski definition) is 7. The van der Waals surface area contributed by atoms with Gasteiger partial charge in [0.25, 0.3) is 0 Å². The van der Waals surface area contributed by atoms with Crippen LogP contribution in [0.4, 0.5) is 0 Å². The van der Waals surface area contributed by atoms with Gasteiger partial charge in [0.2, 0.25) is 0 Å². The fraction of sp³-hybridized carbons (Fsp3) is 0.917. The van der Waals surface area contributed by atoms with Crippen molar-refractivity contribution in [3.63, 3.8) is 0 Å². The molecule has 0 aromatic heterocycles. The average Bonchev–Trinajstić information content (AvgIpc) is 3.19. The summed E-state index contributed by atoms with van der Waals surface area (Å²) in [5, 5.41) is 30.7. The Bertz CT molecular complexity index is 590. The summed E-state index contributed by atoms with van der Waals surface area (Å²) < 4.78 is 21.7. The molecule has 0 amide bonds. The molecule has 35 heavy (non-hydrogen) atoms. The van der Waals surface area contributed by atoms with Crippen molar-refractivity contribution in [3.05, 3.63) is 11.8 Å². The summed E-state index contributed by atoms with van der Waals surface area (Å²) in [6, 6.07) is 0.146. The number of aliphatic hydroxyl groups is 3. The van der Waals surface area contributed by atoms with Gasteiger partial charge in [-0.25, -0.2) is 0 Å². The van der Waals surface area contributed by atoms with Gasteiger partial charge in [0.15, 0.2) is 6.29 Å². The van der Waals surface area contributed by atoms with Crippen LogP contribution in [0, 0.1) is 0 Å². The molecule has 3 heterocycles. The van der Waals surface area contributed by atoms with Gasteiger partial charge in [0.1, 0.15) is 11.9 Å². The molecule has 206 valence electrons. The quantitative estimate of drug-likeness (QED) is 0.237. The van der Waals surface area contributed by atoms with Crippen LogP contribution in [-0.2, 0) is 18.9 Å². The van der Waals surface area contributed by atoms with Crippen molar-refractivity contribution in [3.8, 4) is 0 Å². The Hall–Kier alpha value is -0.860. The van der Waals surface area contributed by atoms with Gasteiger partial charge < -0.3 is 56.8 Å². The van der Waals surface area contributed by atoms with E-state index in [1.807, 2.05) is 7.05 Å². The molecule has 4 aliphatic rings. The van der Waals surface area contributed by atoms with Crippen molar-refractivity contribution in [1.29, 1.82) is 0 Å². The number of nitrogens with one attached hydrogen (secondary N) is 1. The van der Waals surface area contributed by atoms with Gasteiger partial charge in [-0.2, -0.15) is 0 Å². The minimum atomic E-state index is -0.657. The number of likely N-dealkylation sites (N-methyl/N-ethyl adjacent to an activating group) is 1. The highest BCUT2D eigenvalue weighted by atomic mass is 16.7. The molecule has 7 atom stereocenters. The van der Waals surface area contributed by atoms with E-state index in [9.17, 15) is 5.11 Å². The summed E-state index contributed by atoms with van der Waals surface area (Å²) in [7, 11) is 1.93. The molecule has 2 saturated heterocycles. The van der Waals surface area contributed by atoms with E-state index >= 15 is 0 Å². The number of nitrogens with two attached hydrogens (primary N) is 3. The Labute approximate surface area is 209 Å². The molecule has 3 aliphatic heterocycles. The molecule has 0 aromatic carbocycles. The lowest BCUT2D eigenvalue weighted by Crippen LogP contribution is -2.44. The van der Waals surface area contributed by atoms with E-state index in [-0.39, 0.29) is 37.0 Å². The van der Waals surface area contributed by atoms with Crippen LogP contribution in [0.5, 0.6) is 0 Å². The molecule has 4 rings (SSSR count). The number of hydrogen-bond acceptors (Lipinski definition) is 11. The smallest absolute Gasteiger partial charge is 0.161 e. The van der Waals surface area contributed by atoms with Crippen molar-refractivity contribution in [2.45, 2.75) is 100 Å². The van der Waals surface area contributed by atoms with Gasteiger partial charge in [0.05, 0.1) is 44.2 Å². The van der Waals surface area contributed by atoms with Crippen molar-refractivity contribution < 1.29 is 34.3 Å². The van der Waals surface area contributed by atoms with Crippen LogP contribution in [-0.4, -0.2) is 104 Å². The Morgan fingerprint density at radius 2 is 1.83 bits per heavy atom. The minimum absolute atomic E-state index is 0.0107. The van der Waals surface area contributed by atoms with E-state index in [1.165, 1.54) is 12.8 Å². The van der Waals surface area contributed by atoms with Gasteiger partial charge in [-0.3, -0.25) is 0 Å². The van der Waals surface area contributed by atoms with E-state index in [1.54, 1.807) is 0 Å². The van der Waals surface area contributed by atoms with Gasteiger partial charge in [-0.05, 0) is 51.6 Å². The van der Waals surface area contributed by atoms with Gasteiger partial charge >= 0.3 is 0 Å². The molecule has 0 spiro atoms. The summed E-state index contributed by atoms with van der Waals surface area (Å²) in [4.78, 5) is 0. The normalized spacial score (nSPS) is 37.2. The topological polar surface area (TPSA) is 188 Å². The maximum Gasteiger partial charge on any atom is 0.161 e. The van der Waals surface area contributed by atoms with Crippen LogP contribution in [0.2, 0.25) is 0 Å². The van der Waals surface area contributed by atoms with Gasteiger partial charge in [-0.15, -0.1) is 0 Å². The van der Waals surface area contributed by atoms with E-state index in [0.717, 1.165) is 44.6 Å². The largest absolute Gasteiger partial charge is 0.497 e. The number of ether oxygens (including phenoxy) is 4.